The highest BCUT2D eigenvalue weighted by Crippen LogP contribution is 2.34. The molecular formula is C28H32F3IN10. The van der Waals surface area contributed by atoms with Crippen LogP contribution in [0.5, 0.6) is 0 Å². The number of anilines is 4. The Labute approximate surface area is 252 Å². The number of nitrogens with one attached hydrogen (secondary N) is 3. The molecule has 0 saturated heterocycles. The molecule has 10 nitrogen and oxygen atoms in total. The molecule has 3 N–H and O–H groups in total. The highest BCUT2D eigenvalue weighted by Gasteiger charge is 2.31. The third kappa shape index (κ3) is 8.55. The van der Waals surface area contributed by atoms with Gasteiger partial charge in [0.15, 0.2) is 0 Å². The predicted molar refractivity (Wildman–Crippen MR) is 170 cm³/mol. The predicted octanol–water partition coefficient (Wildman–Crippen LogP) is 5.90. The summed E-state index contributed by atoms with van der Waals surface area (Å²) in [4.78, 5) is 19.6. The summed E-state index contributed by atoms with van der Waals surface area (Å²) in [6.07, 6.45) is 3.42. The van der Waals surface area contributed by atoms with Gasteiger partial charge in [-0.2, -0.15) is 23.3 Å². The molecule has 0 fully saturated rings. The molecule has 14 heteroatoms. The zero-order chi connectivity index (χ0) is 30.1. The minimum Gasteiger partial charge on any atom is -0.368 e. The number of aryl methyl sites for hydroxylation is 1. The van der Waals surface area contributed by atoms with Crippen LogP contribution < -0.4 is 16.1 Å². The standard InChI is InChI=1S/C28H32F3IN10/c1-5-41(6-2)10-9-33-26-25(32-4)16-35-27(39-26)40-37-15-21-7-8-22(14-34-21)38-23-11-20(28(29,30)31)12-24(13-23)42-17-19(3)36-18-42/h7-8,11-18,38H,4-6,9-10H2,1-3H3,(H2,33,35,39,40)/b37-15+. The smallest absolute Gasteiger partial charge is 0.368 e. The summed E-state index contributed by atoms with van der Waals surface area (Å²) in [6.45, 7) is 9.68. The van der Waals surface area contributed by atoms with E-state index < -0.39 is 32.5 Å². The Hall–Kier alpha value is -3.92. The van der Waals surface area contributed by atoms with Gasteiger partial charge >= 0.3 is 6.18 Å². The van der Waals surface area contributed by atoms with Crippen LogP contribution in [0.25, 0.3) is 5.69 Å². The van der Waals surface area contributed by atoms with Gasteiger partial charge in [0, 0.05) is 36.9 Å². The Morgan fingerprint density at radius 2 is 1.88 bits per heavy atom. The monoisotopic (exact) mass is 692 g/mol. The Kier molecular flexibility index (Phi) is 10.6. The van der Waals surface area contributed by atoms with Crippen LogP contribution in [0.3, 0.4) is 0 Å². The molecule has 4 aromatic rings. The second kappa shape index (κ2) is 14.3. The molecule has 0 aliphatic heterocycles. The van der Waals surface area contributed by atoms with Crippen molar-refractivity contribution in [3.05, 3.63) is 75.8 Å². The number of halogens is 4. The Bertz CT molecular complexity index is 1520. The van der Waals surface area contributed by atoms with Gasteiger partial charge in [-0.3, -0.25) is 4.98 Å². The molecule has 0 unspecified atom stereocenters. The lowest BCUT2D eigenvalue weighted by Crippen LogP contribution is -2.29. The van der Waals surface area contributed by atoms with Crippen molar-refractivity contribution in [2.24, 2.45) is 5.10 Å². The van der Waals surface area contributed by atoms with E-state index in [1.807, 2.05) is 0 Å². The highest BCUT2D eigenvalue weighted by atomic mass is 127. The molecule has 0 aliphatic rings. The first-order valence-corrected chi connectivity index (χ1v) is 15.8. The highest BCUT2D eigenvalue weighted by molar-refractivity contribution is 14.2. The maximum Gasteiger partial charge on any atom is 0.416 e. The van der Waals surface area contributed by atoms with Crippen molar-refractivity contribution < 1.29 is 13.2 Å². The third-order valence-corrected chi connectivity index (χ3v) is 7.81. The average molecular weight is 693 g/mol. The number of alkyl halides is 3. The number of rotatable bonds is 13. The molecule has 3 aromatic heterocycles. The van der Waals surface area contributed by atoms with E-state index in [0.29, 0.717) is 28.7 Å². The first kappa shape index (κ1) is 31.0. The van der Waals surface area contributed by atoms with Crippen LogP contribution in [-0.2, 0) is 6.18 Å². The van der Waals surface area contributed by atoms with Crippen LogP contribution in [0.2, 0.25) is 0 Å². The van der Waals surface area contributed by atoms with Crippen LogP contribution in [0.4, 0.5) is 36.3 Å². The van der Waals surface area contributed by atoms with E-state index in [4.69, 9.17) is 0 Å². The third-order valence-electron chi connectivity index (χ3n) is 6.19. The average Bonchev–Trinajstić information content (AvgIpc) is 3.42. The van der Waals surface area contributed by atoms with Crippen LogP contribution in [-0.4, -0.2) is 66.3 Å². The maximum atomic E-state index is 13.6. The van der Waals surface area contributed by atoms with Gasteiger partial charge in [-0.15, -0.1) is 0 Å². The summed E-state index contributed by atoms with van der Waals surface area (Å²) < 4.78 is 47.3. The fourth-order valence-corrected chi connectivity index (χ4v) is 4.96. The van der Waals surface area contributed by atoms with E-state index in [0.717, 1.165) is 47.7 Å². The quantitative estimate of drug-likeness (QED) is 0.0904. The summed E-state index contributed by atoms with van der Waals surface area (Å²) in [5.41, 5.74) is 4.40. The van der Waals surface area contributed by atoms with Gasteiger partial charge in [0.05, 0.1) is 44.9 Å². The fraction of sp³-hybridized carbons (Fsp3) is 0.286. The van der Waals surface area contributed by atoms with Gasteiger partial charge in [0.1, 0.15) is 5.82 Å². The normalized spacial score (nSPS) is 11.8. The van der Waals surface area contributed by atoms with E-state index in [9.17, 15) is 13.2 Å². The summed E-state index contributed by atoms with van der Waals surface area (Å²) in [6, 6.07) is 7.15. The second-order valence-electron chi connectivity index (χ2n) is 9.13. The molecule has 3 heterocycles. The second-order valence-corrected chi connectivity index (χ2v) is 11.1. The summed E-state index contributed by atoms with van der Waals surface area (Å²) in [5, 5.41) is 10.6. The van der Waals surface area contributed by atoms with E-state index in [1.165, 1.54) is 18.7 Å². The minimum absolute atomic E-state index is 0.267. The van der Waals surface area contributed by atoms with Crippen molar-refractivity contribution in [1.29, 1.82) is 0 Å². The van der Waals surface area contributed by atoms with Crippen LogP contribution >= 0.6 is 20.7 Å². The largest absolute Gasteiger partial charge is 0.416 e. The first-order valence-electron chi connectivity index (χ1n) is 13.2. The van der Waals surface area contributed by atoms with Crippen molar-refractivity contribution in [1.82, 2.24) is 29.4 Å². The van der Waals surface area contributed by atoms with Crippen molar-refractivity contribution in [2.45, 2.75) is 26.9 Å². The number of benzene rings is 1. The minimum atomic E-state index is -4.51. The Balaban J connectivity index is 1.41. The summed E-state index contributed by atoms with van der Waals surface area (Å²) in [7, 11) is 0. The van der Waals surface area contributed by atoms with Crippen molar-refractivity contribution >= 4 is 54.6 Å². The molecule has 0 saturated carbocycles. The van der Waals surface area contributed by atoms with E-state index in [2.05, 4.69) is 64.4 Å². The number of imidazole rings is 1. The lowest BCUT2D eigenvalue weighted by Gasteiger charge is -2.18. The number of hydrogen-bond acceptors (Lipinski definition) is 9. The van der Waals surface area contributed by atoms with Crippen LogP contribution in [0, 0.1) is 10.5 Å². The topological polar surface area (TPSA) is 108 Å². The fourth-order valence-electron chi connectivity index (χ4n) is 3.95. The van der Waals surface area contributed by atoms with Gasteiger partial charge < -0.3 is 20.1 Å². The molecule has 0 spiro atoms. The zero-order valence-corrected chi connectivity index (χ0v) is 25.6. The number of nitrogens with zero attached hydrogens (tertiary/aromatic N) is 7. The zero-order valence-electron chi connectivity index (χ0n) is 23.5. The number of aromatic nitrogens is 5. The molecule has 0 bridgehead atoms. The maximum absolute atomic E-state index is 13.6. The molecule has 222 valence electrons. The molecule has 0 atom stereocenters. The lowest BCUT2D eigenvalue weighted by molar-refractivity contribution is -0.137. The first-order chi connectivity index (χ1) is 20.2. The van der Waals surface area contributed by atoms with Gasteiger partial charge in [0.25, 0.3) is 0 Å². The molecule has 4 rings (SSSR count). The summed E-state index contributed by atoms with van der Waals surface area (Å²) in [5.74, 6) is 1.09. The van der Waals surface area contributed by atoms with Gasteiger partial charge in [0.2, 0.25) is 5.95 Å². The molecule has 42 heavy (non-hydrogen) atoms. The van der Waals surface area contributed by atoms with E-state index >= 15 is 0 Å². The molecule has 0 aliphatic carbocycles. The Morgan fingerprint density at radius 1 is 1.07 bits per heavy atom. The number of hydrazone groups is 1. The van der Waals surface area contributed by atoms with E-state index in [1.54, 1.807) is 42.1 Å². The van der Waals surface area contributed by atoms with Gasteiger partial charge in [-0.25, -0.2) is 15.4 Å². The van der Waals surface area contributed by atoms with Crippen molar-refractivity contribution in [2.75, 3.05) is 42.2 Å². The molecule has 1 aromatic carbocycles. The number of likely N-dealkylation sites (N-methyl/N-ethyl adjacent to an activating group) is 1. The van der Waals surface area contributed by atoms with Gasteiger partial charge in [-0.1, -0.05) is 39.1 Å². The number of pyridine rings is 1. The van der Waals surface area contributed by atoms with E-state index in [-0.39, 0.29) is 5.69 Å². The van der Waals surface area contributed by atoms with Crippen LogP contribution in [0.15, 0.2) is 60.4 Å². The molecule has 0 amide bonds. The Morgan fingerprint density at radius 3 is 2.52 bits per heavy atom. The molecular weight excluding hydrogens is 660 g/mol. The lowest BCUT2D eigenvalue weighted by atomic mass is 10.1. The van der Waals surface area contributed by atoms with Crippen LogP contribution in [0.1, 0.15) is 30.8 Å². The van der Waals surface area contributed by atoms with Gasteiger partial charge in [-0.05, 0) is 50.3 Å². The van der Waals surface area contributed by atoms with Crippen molar-refractivity contribution in [3.8, 4) is 5.69 Å². The molecule has 0 radical (unpaired) electrons. The SMILES string of the molecule is C=Ic1cnc(N/N=C/c2ccc(Nc3cc(-n4cnc(C)c4)cc(C(F)(F)F)c3)cn2)nc1NCCN(CC)CC. The summed E-state index contributed by atoms with van der Waals surface area (Å²) >= 11 is -0.453. The van der Waals surface area contributed by atoms with Crippen molar-refractivity contribution in [3.63, 3.8) is 0 Å². The number of hydrogen-bond donors (Lipinski definition) is 3.